The van der Waals surface area contributed by atoms with Crippen LogP contribution in [0.4, 0.5) is 10.5 Å². The number of carbonyl (C=O) groups excluding carboxylic acids is 1. The smallest absolute Gasteiger partial charge is 0.412 e. The quantitative estimate of drug-likeness (QED) is 0.751. The number of nitrogens with zero attached hydrogens (tertiary/aromatic N) is 1. The van der Waals surface area contributed by atoms with Crippen molar-refractivity contribution in [1.29, 1.82) is 5.26 Å². The van der Waals surface area contributed by atoms with E-state index in [-0.39, 0.29) is 0 Å². The Balaban J connectivity index is 2.48. The van der Waals surface area contributed by atoms with E-state index in [4.69, 9.17) is 10.00 Å². The number of nitrogens with one attached hydrogen (secondary N) is 1. The predicted molar refractivity (Wildman–Crippen MR) is 64.2 cm³/mol. The number of ether oxygens (including phenoxy) is 1. The van der Waals surface area contributed by atoms with Crippen LogP contribution in [0.25, 0.3) is 6.08 Å². The largest absolute Gasteiger partial charge is 0.438 e. The van der Waals surface area contributed by atoms with Crippen LogP contribution in [0, 0.1) is 11.3 Å². The van der Waals surface area contributed by atoms with Gasteiger partial charge in [-0.1, -0.05) is 6.07 Å². The van der Waals surface area contributed by atoms with Crippen molar-refractivity contribution in [3.8, 4) is 6.07 Å². The molecule has 0 radical (unpaired) electrons. The number of nitriles is 1. The van der Waals surface area contributed by atoms with Gasteiger partial charge in [-0.3, -0.25) is 5.32 Å². The Bertz CT molecular complexity index is 539. The summed E-state index contributed by atoms with van der Waals surface area (Å²) >= 11 is 0. The number of allylic oxidation sites excluding steroid dienone is 1. The van der Waals surface area contributed by atoms with Crippen LogP contribution in [0.5, 0.6) is 0 Å². The summed E-state index contributed by atoms with van der Waals surface area (Å²) in [6, 6.07) is 7.50. The number of amides is 1. The number of anilines is 1. The molecule has 0 saturated heterocycles. The van der Waals surface area contributed by atoms with Gasteiger partial charge in [0.25, 0.3) is 0 Å². The zero-order valence-corrected chi connectivity index (χ0v) is 9.65. The molecule has 0 atom stereocenters. The van der Waals surface area contributed by atoms with Gasteiger partial charge in [0.1, 0.15) is 5.60 Å². The summed E-state index contributed by atoms with van der Waals surface area (Å²) < 4.78 is 5.22. The topological polar surface area (TPSA) is 62.1 Å². The van der Waals surface area contributed by atoms with Gasteiger partial charge in [-0.2, -0.15) is 5.26 Å². The highest BCUT2D eigenvalue weighted by Gasteiger charge is 2.33. The van der Waals surface area contributed by atoms with E-state index in [0.717, 1.165) is 16.8 Å². The fourth-order valence-corrected chi connectivity index (χ4v) is 1.83. The van der Waals surface area contributed by atoms with E-state index in [0.29, 0.717) is 0 Å². The summed E-state index contributed by atoms with van der Waals surface area (Å²) in [6.45, 7) is 3.67. The van der Waals surface area contributed by atoms with E-state index in [2.05, 4.69) is 5.32 Å². The minimum atomic E-state index is -0.659. The molecule has 1 heterocycles. The summed E-state index contributed by atoms with van der Waals surface area (Å²) in [7, 11) is 0. The highest BCUT2D eigenvalue weighted by atomic mass is 16.6. The lowest BCUT2D eigenvalue weighted by atomic mass is 9.93. The zero-order valence-electron chi connectivity index (χ0n) is 9.65. The summed E-state index contributed by atoms with van der Waals surface area (Å²) in [5.74, 6) is 0. The van der Waals surface area contributed by atoms with Crippen molar-refractivity contribution in [2.45, 2.75) is 19.4 Å². The molecule has 4 nitrogen and oxygen atoms in total. The third kappa shape index (κ3) is 2.13. The van der Waals surface area contributed by atoms with Crippen molar-refractivity contribution in [3.05, 3.63) is 35.4 Å². The Morgan fingerprint density at radius 2 is 2.24 bits per heavy atom. The average molecular weight is 228 g/mol. The Morgan fingerprint density at radius 1 is 1.47 bits per heavy atom. The van der Waals surface area contributed by atoms with Crippen molar-refractivity contribution in [2.24, 2.45) is 0 Å². The van der Waals surface area contributed by atoms with Crippen molar-refractivity contribution in [1.82, 2.24) is 0 Å². The first-order valence-corrected chi connectivity index (χ1v) is 5.23. The summed E-state index contributed by atoms with van der Waals surface area (Å²) in [5.41, 5.74) is 1.89. The van der Waals surface area contributed by atoms with Crippen molar-refractivity contribution in [3.63, 3.8) is 0 Å². The minimum Gasteiger partial charge on any atom is -0.438 e. The summed E-state index contributed by atoms with van der Waals surface area (Å²) in [5, 5.41) is 11.1. The van der Waals surface area contributed by atoms with Crippen LogP contribution in [0.1, 0.15) is 25.0 Å². The predicted octanol–water partition coefficient (Wildman–Crippen LogP) is 3.02. The molecule has 1 amide bonds. The maximum absolute atomic E-state index is 11.3. The molecule has 1 aliphatic heterocycles. The fraction of sp³-hybridized carbons (Fsp3) is 0.231. The van der Waals surface area contributed by atoms with Gasteiger partial charge in [0, 0.05) is 11.6 Å². The highest BCUT2D eigenvalue weighted by molar-refractivity contribution is 5.89. The summed E-state index contributed by atoms with van der Waals surface area (Å²) in [6.07, 6.45) is 2.69. The third-order valence-electron chi connectivity index (χ3n) is 2.63. The average Bonchev–Trinajstić information content (AvgIpc) is 2.25. The third-order valence-corrected chi connectivity index (χ3v) is 2.63. The number of benzene rings is 1. The monoisotopic (exact) mass is 228 g/mol. The lowest BCUT2D eigenvalue weighted by Crippen LogP contribution is -2.34. The molecular formula is C13H12N2O2. The van der Waals surface area contributed by atoms with Crippen LogP contribution in [-0.4, -0.2) is 6.09 Å². The highest BCUT2D eigenvalue weighted by Crippen LogP contribution is 2.36. The number of fused-ring (bicyclic) bond motifs is 1. The number of hydrogen-bond donors (Lipinski definition) is 1. The first kappa shape index (κ1) is 11.2. The van der Waals surface area contributed by atoms with Gasteiger partial charge in [0.05, 0.1) is 11.8 Å². The molecule has 1 aromatic carbocycles. The van der Waals surface area contributed by atoms with Crippen LogP contribution in [0.2, 0.25) is 0 Å². The van der Waals surface area contributed by atoms with Crippen molar-refractivity contribution in [2.75, 3.05) is 5.32 Å². The zero-order chi connectivity index (χ0) is 12.5. The van der Waals surface area contributed by atoms with Gasteiger partial charge in [-0.05, 0) is 37.6 Å². The molecule has 1 aromatic rings. The number of carbonyl (C=O) groups is 1. The molecule has 1 N–H and O–H groups in total. The molecule has 0 spiro atoms. The van der Waals surface area contributed by atoms with E-state index in [1.165, 1.54) is 6.08 Å². The second-order valence-corrected chi connectivity index (χ2v) is 4.29. The molecule has 2 rings (SSSR count). The molecule has 0 aromatic heterocycles. The van der Waals surface area contributed by atoms with E-state index in [9.17, 15) is 4.79 Å². The molecule has 0 aliphatic carbocycles. The van der Waals surface area contributed by atoms with Gasteiger partial charge in [0.2, 0.25) is 0 Å². The Hall–Kier alpha value is -2.28. The first-order valence-electron chi connectivity index (χ1n) is 5.23. The molecule has 4 heteroatoms. The molecule has 0 bridgehead atoms. The number of cyclic esters (lactones) is 1. The second kappa shape index (κ2) is 3.95. The van der Waals surface area contributed by atoms with Gasteiger partial charge in [-0.15, -0.1) is 0 Å². The van der Waals surface area contributed by atoms with Crippen molar-refractivity contribution < 1.29 is 9.53 Å². The molecule has 0 fully saturated rings. The van der Waals surface area contributed by atoms with Crippen LogP contribution in [-0.2, 0) is 10.3 Å². The fourth-order valence-electron chi connectivity index (χ4n) is 1.83. The number of rotatable bonds is 1. The lowest BCUT2D eigenvalue weighted by molar-refractivity contribution is 0.0420. The van der Waals surface area contributed by atoms with Crippen LogP contribution >= 0.6 is 0 Å². The maximum Gasteiger partial charge on any atom is 0.412 e. The second-order valence-electron chi connectivity index (χ2n) is 4.29. The van der Waals surface area contributed by atoms with E-state index < -0.39 is 11.7 Å². The van der Waals surface area contributed by atoms with Crippen LogP contribution < -0.4 is 5.32 Å². The van der Waals surface area contributed by atoms with E-state index in [1.54, 1.807) is 6.08 Å². The molecule has 0 unspecified atom stereocenters. The standard InChI is InChI=1S/C13H12N2O2/c1-13(2)10-8-9(4-3-7-14)5-6-11(10)15-12(16)17-13/h3-6,8H,1-2H3,(H,15,16)/b4-3+. The Morgan fingerprint density at radius 3 is 2.94 bits per heavy atom. The minimum absolute atomic E-state index is 0.442. The molecule has 17 heavy (non-hydrogen) atoms. The first-order chi connectivity index (χ1) is 8.03. The Labute approximate surface area is 99.5 Å². The van der Waals surface area contributed by atoms with Crippen LogP contribution in [0.3, 0.4) is 0 Å². The molecular weight excluding hydrogens is 216 g/mol. The summed E-state index contributed by atoms with van der Waals surface area (Å²) in [4.78, 5) is 11.3. The molecule has 1 aliphatic rings. The van der Waals surface area contributed by atoms with E-state index in [1.807, 2.05) is 38.1 Å². The molecule has 86 valence electrons. The normalized spacial score (nSPS) is 16.9. The van der Waals surface area contributed by atoms with Gasteiger partial charge < -0.3 is 4.74 Å². The van der Waals surface area contributed by atoms with E-state index >= 15 is 0 Å². The SMILES string of the molecule is CC1(C)OC(=O)Nc2ccc(/C=C/C#N)cc21. The number of hydrogen-bond acceptors (Lipinski definition) is 3. The maximum atomic E-state index is 11.3. The van der Waals surface area contributed by atoms with Gasteiger partial charge in [-0.25, -0.2) is 4.79 Å². The molecule has 0 saturated carbocycles. The van der Waals surface area contributed by atoms with Crippen LogP contribution in [0.15, 0.2) is 24.3 Å². The van der Waals surface area contributed by atoms with Gasteiger partial charge in [0.15, 0.2) is 0 Å². The van der Waals surface area contributed by atoms with Crippen molar-refractivity contribution >= 4 is 17.9 Å². The Kier molecular flexibility index (Phi) is 2.60. The van der Waals surface area contributed by atoms with Gasteiger partial charge >= 0.3 is 6.09 Å². The lowest BCUT2D eigenvalue weighted by Gasteiger charge is -2.32.